The number of nitrogens with zero attached hydrogens (tertiary/aromatic N) is 3. The number of rotatable bonds is 6. The summed E-state index contributed by atoms with van der Waals surface area (Å²) in [5.41, 5.74) is 15.5. The van der Waals surface area contributed by atoms with Crippen molar-refractivity contribution in [2.24, 2.45) is 0 Å². The first kappa shape index (κ1) is 31.7. The molecule has 266 valence electrons. The molecule has 3 heteroatoms. The zero-order valence-electron chi connectivity index (χ0n) is 31.0. The summed E-state index contributed by atoms with van der Waals surface area (Å²) in [6.45, 7) is 0. The van der Waals surface area contributed by atoms with Gasteiger partial charge in [-0.15, -0.1) is 0 Å². The fourth-order valence-corrected chi connectivity index (χ4v) is 9.25. The Kier molecular flexibility index (Phi) is 6.93. The third-order valence-electron chi connectivity index (χ3n) is 11.8. The third kappa shape index (κ3) is 4.86. The van der Waals surface area contributed by atoms with Crippen LogP contribution in [0.1, 0.15) is 0 Å². The van der Waals surface area contributed by atoms with Crippen LogP contribution in [0.4, 0.5) is 17.1 Å². The predicted molar refractivity (Wildman–Crippen MR) is 241 cm³/mol. The van der Waals surface area contributed by atoms with Gasteiger partial charge in [-0.3, -0.25) is 0 Å². The van der Waals surface area contributed by atoms with Gasteiger partial charge in [0.25, 0.3) is 0 Å². The summed E-state index contributed by atoms with van der Waals surface area (Å²) in [5, 5.41) is 7.64. The Bertz CT molecular complexity index is 3430. The molecule has 3 aromatic heterocycles. The van der Waals surface area contributed by atoms with Crippen molar-refractivity contribution in [2.45, 2.75) is 0 Å². The van der Waals surface area contributed by atoms with Crippen LogP contribution in [-0.4, -0.2) is 8.97 Å². The molecule has 0 amide bonds. The molecule has 9 aromatic carbocycles. The predicted octanol–water partition coefficient (Wildman–Crippen LogP) is 14.7. The van der Waals surface area contributed by atoms with Crippen LogP contribution in [0.3, 0.4) is 0 Å². The molecule has 0 spiro atoms. The summed E-state index contributed by atoms with van der Waals surface area (Å²) < 4.78 is 4.83. The fraction of sp³-hybridized carbons (Fsp3) is 0. The molecule has 12 aromatic rings. The van der Waals surface area contributed by atoms with Crippen LogP contribution in [0, 0.1) is 0 Å². The van der Waals surface area contributed by atoms with Crippen LogP contribution in [0.15, 0.2) is 212 Å². The molecule has 0 bridgehead atoms. The van der Waals surface area contributed by atoms with E-state index in [4.69, 9.17) is 0 Å². The van der Waals surface area contributed by atoms with Gasteiger partial charge in [0.05, 0.1) is 27.6 Å². The number of aromatic nitrogens is 2. The molecule has 0 aliphatic rings. The molecule has 0 radical (unpaired) electrons. The van der Waals surface area contributed by atoms with E-state index in [0.717, 1.165) is 22.7 Å². The second-order valence-electron chi connectivity index (χ2n) is 15.0. The van der Waals surface area contributed by atoms with Gasteiger partial charge in [-0.2, -0.15) is 0 Å². The van der Waals surface area contributed by atoms with Crippen molar-refractivity contribution < 1.29 is 0 Å². The molecule has 0 atom stereocenters. The van der Waals surface area contributed by atoms with Gasteiger partial charge >= 0.3 is 0 Å². The lowest BCUT2D eigenvalue weighted by atomic mass is 10.0. The van der Waals surface area contributed by atoms with E-state index in [0.29, 0.717) is 0 Å². The number of para-hydroxylation sites is 4. The van der Waals surface area contributed by atoms with E-state index in [-0.39, 0.29) is 0 Å². The third-order valence-corrected chi connectivity index (χ3v) is 11.8. The van der Waals surface area contributed by atoms with Crippen LogP contribution in [0.25, 0.3) is 87.8 Å². The molecule has 57 heavy (non-hydrogen) atoms. The summed E-state index contributed by atoms with van der Waals surface area (Å²) in [4.78, 5) is 2.39. The zero-order valence-corrected chi connectivity index (χ0v) is 31.0. The van der Waals surface area contributed by atoms with E-state index < -0.39 is 0 Å². The van der Waals surface area contributed by atoms with Gasteiger partial charge in [0.1, 0.15) is 0 Å². The maximum atomic E-state index is 2.45. The van der Waals surface area contributed by atoms with Gasteiger partial charge in [-0.1, -0.05) is 140 Å². The van der Waals surface area contributed by atoms with Gasteiger partial charge in [0.2, 0.25) is 0 Å². The van der Waals surface area contributed by atoms with Crippen LogP contribution < -0.4 is 4.90 Å². The van der Waals surface area contributed by atoms with Crippen molar-refractivity contribution in [3.8, 4) is 27.9 Å². The van der Waals surface area contributed by atoms with Gasteiger partial charge in [-0.05, 0) is 95.1 Å². The summed E-state index contributed by atoms with van der Waals surface area (Å²) >= 11 is 0. The maximum absolute atomic E-state index is 2.45. The first-order chi connectivity index (χ1) is 28.3. The Labute approximate surface area is 329 Å². The zero-order chi connectivity index (χ0) is 37.5. The number of fused-ring (bicyclic) bond motifs is 9. The second kappa shape index (κ2) is 12.5. The van der Waals surface area contributed by atoms with E-state index >= 15 is 0 Å². The van der Waals surface area contributed by atoms with Crippen molar-refractivity contribution >= 4 is 77.0 Å². The monoisotopic (exact) mass is 725 g/mol. The average Bonchev–Trinajstić information content (AvgIpc) is 3.92. The van der Waals surface area contributed by atoms with E-state index in [1.807, 2.05) is 0 Å². The molecular formula is C54H35N3. The van der Waals surface area contributed by atoms with Gasteiger partial charge in [0, 0.05) is 55.1 Å². The van der Waals surface area contributed by atoms with Crippen molar-refractivity contribution in [3.63, 3.8) is 0 Å². The largest absolute Gasteiger partial charge is 0.310 e. The molecule has 0 N–H and O–H groups in total. The SMILES string of the molecule is c1ccc(-c2ccc(N(c3ccc(-c4ccc5c6ccccc6n(-c6ccccc6)c5c4)cc3)c3ccc4c(c3)c3cccc5c6ccccc6n4c53)cc2)cc1. The first-order valence-corrected chi connectivity index (χ1v) is 19.6. The second-order valence-corrected chi connectivity index (χ2v) is 15.0. The summed E-state index contributed by atoms with van der Waals surface area (Å²) in [5.74, 6) is 0. The van der Waals surface area contributed by atoms with Crippen molar-refractivity contribution in [1.82, 2.24) is 8.97 Å². The standard InChI is InChI=1S/C54H35N3/c1-3-12-36(13-4-1)37-22-27-41(28-23-37)55(43-31-33-52-49(35-43)48-19-11-18-47-45-17-8-10-21-51(45)57(52)54(47)48)42-29-24-38(25-30-42)39-26-32-46-44-16-7-9-20-50(44)56(53(46)34-39)40-14-5-2-6-15-40/h1-35H. The minimum Gasteiger partial charge on any atom is -0.310 e. The first-order valence-electron chi connectivity index (χ1n) is 19.6. The van der Waals surface area contributed by atoms with Gasteiger partial charge in [0.15, 0.2) is 0 Å². The molecule has 3 heterocycles. The number of benzene rings is 9. The minimum absolute atomic E-state index is 1.10. The Hall–Kier alpha value is -7.62. The summed E-state index contributed by atoms with van der Waals surface area (Å²) in [6, 6.07) is 77.3. The highest BCUT2D eigenvalue weighted by Gasteiger charge is 2.20. The Morgan fingerprint density at radius 2 is 0.772 bits per heavy atom. The average molecular weight is 726 g/mol. The van der Waals surface area contributed by atoms with E-state index in [1.165, 1.54) is 82.2 Å². The minimum atomic E-state index is 1.10. The highest BCUT2D eigenvalue weighted by atomic mass is 15.1. The van der Waals surface area contributed by atoms with E-state index in [1.54, 1.807) is 0 Å². The molecule has 3 nitrogen and oxygen atoms in total. The molecule has 0 fully saturated rings. The lowest BCUT2D eigenvalue weighted by Crippen LogP contribution is -2.09. The fourth-order valence-electron chi connectivity index (χ4n) is 9.25. The Morgan fingerprint density at radius 3 is 1.49 bits per heavy atom. The molecule has 0 aliphatic carbocycles. The number of anilines is 3. The smallest absolute Gasteiger partial charge is 0.0620 e. The molecule has 0 unspecified atom stereocenters. The lowest BCUT2D eigenvalue weighted by Gasteiger charge is -2.26. The lowest BCUT2D eigenvalue weighted by molar-refractivity contribution is 1.18. The summed E-state index contributed by atoms with van der Waals surface area (Å²) in [7, 11) is 0. The molecule has 0 saturated carbocycles. The normalized spacial score (nSPS) is 11.9. The highest BCUT2D eigenvalue weighted by Crippen LogP contribution is 2.43. The van der Waals surface area contributed by atoms with Crippen molar-refractivity contribution in [1.29, 1.82) is 0 Å². The van der Waals surface area contributed by atoms with Crippen LogP contribution >= 0.6 is 0 Å². The van der Waals surface area contributed by atoms with Crippen LogP contribution in [-0.2, 0) is 0 Å². The molecule has 0 saturated heterocycles. The molecular weight excluding hydrogens is 691 g/mol. The van der Waals surface area contributed by atoms with E-state index in [9.17, 15) is 0 Å². The summed E-state index contributed by atoms with van der Waals surface area (Å²) in [6.07, 6.45) is 0. The van der Waals surface area contributed by atoms with Crippen molar-refractivity contribution in [2.75, 3.05) is 4.90 Å². The van der Waals surface area contributed by atoms with Crippen molar-refractivity contribution in [3.05, 3.63) is 212 Å². The Balaban J connectivity index is 1.00. The van der Waals surface area contributed by atoms with Crippen LogP contribution in [0.5, 0.6) is 0 Å². The highest BCUT2D eigenvalue weighted by molar-refractivity contribution is 6.23. The van der Waals surface area contributed by atoms with Gasteiger partial charge in [-0.25, -0.2) is 0 Å². The number of hydrogen-bond donors (Lipinski definition) is 0. The Morgan fingerprint density at radius 1 is 0.281 bits per heavy atom. The molecule has 12 rings (SSSR count). The van der Waals surface area contributed by atoms with E-state index in [2.05, 4.69) is 226 Å². The maximum Gasteiger partial charge on any atom is 0.0620 e. The topological polar surface area (TPSA) is 12.6 Å². The quantitative estimate of drug-likeness (QED) is 0.166. The molecule has 0 aliphatic heterocycles. The van der Waals surface area contributed by atoms with Crippen LogP contribution in [0.2, 0.25) is 0 Å². The number of hydrogen-bond acceptors (Lipinski definition) is 1. The van der Waals surface area contributed by atoms with Gasteiger partial charge < -0.3 is 13.9 Å².